The van der Waals surface area contributed by atoms with E-state index in [0.717, 1.165) is 0 Å². The van der Waals surface area contributed by atoms with Crippen molar-refractivity contribution in [1.29, 1.82) is 0 Å². The van der Waals surface area contributed by atoms with E-state index in [1.165, 1.54) is 0 Å². The van der Waals surface area contributed by atoms with Crippen molar-refractivity contribution in [3.8, 4) is 0 Å². The molecule has 0 atom stereocenters. The van der Waals surface area contributed by atoms with E-state index in [-0.39, 0.29) is 18.9 Å². The van der Waals surface area contributed by atoms with Gasteiger partial charge in [0.15, 0.2) is 0 Å². The average Bonchev–Trinajstić information content (AvgIpc) is 2.62. The van der Waals surface area contributed by atoms with Gasteiger partial charge in [-0.2, -0.15) is 0 Å². The minimum Gasteiger partial charge on any atom is -0.396 e. The second-order valence-electron chi connectivity index (χ2n) is 3.53. The Morgan fingerprint density at radius 3 is 2.81 bits per heavy atom. The Balaban J connectivity index is 2.39. The molecule has 0 fully saturated rings. The van der Waals surface area contributed by atoms with Gasteiger partial charge in [0.05, 0.1) is 12.3 Å². The van der Waals surface area contributed by atoms with Gasteiger partial charge >= 0.3 is 0 Å². The molecule has 7 heteroatoms. The van der Waals surface area contributed by atoms with Crippen molar-refractivity contribution < 1.29 is 13.5 Å². The number of aromatic nitrogens is 2. The summed E-state index contributed by atoms with van der Waals surface area (Å²) in [5, 5.41) is 8.55. The van der Waals surface area contributed by atoms with Crippen LogP contribution in [-0.4, -0.2) is 35.4 Å². The molecule has 1 rings (SSSR count). The molecule has 0 saturated carbocycles. The summed E-state index contributed by atoms with van der Waals surface area (Å²) in [5.74, 6) is 0.712. The summed E-state index contributed by atoms with van der Waals surface area (Å²) in [7, 11) is -1.45. The first kappa shape index (κ1) is 13.1. The lowest BCUT2D eigenvalue weighted by Crippen LogP contribution is -2.27. The number of rotatable bonds is 7. The molecule has 1 aromatic heterocycles. The molecule has 0 aliphatic rings. The Morgan fingerprint density at radius 2 is 2.25 bits per heavy atom. The van der Waals surface area contributed by atoms with Crippen LogP contribution in [0.15, 0.2) is 12.4 Å². The van der Waals surface area contributed by atoms with Crippen LogP contribution >= 0.6 is 0 Å². The summed E-state index contributed by atoms with van der Waals surface area (Å²) >= 11 is 0. The molecular formula is C9H17N3O3S. The molecule has 2 N–H and O–H groups in total. The zero-order chi connectivity index (χ0) is 12.0. The average molecular weight is 247 g/mol. The van der Waals surface area contributed by atoms with Gasteiger partial charge in [-0.3, -0.25) is 0 Å². The number of imidazole rings is 1. The molecule has 1 heterocycles. The molecule has 6 nitrogen and oxygen atoms in total. The molecule has 0 aliphatic heterocycles. The van der Waals surface area contributed by atoms with Gasteiger partial charge in [-0.1, -0.05) is 0 Å². The van der Waals surface area contributed by atoms with Gasteiger partial charge in [0, 0.05) is 26.0 Å². The summed E-state index contributed by atoms with van der Waals surface area (Å²) in [6, 6.07) is 0. The largest absolute Gasteiger partial charge is 0.396 e. The fourth-order valence-corrected chi connectivity index (χ4v) is 2.29. The van der Waals surface area contributed by atoms with E-state index in [2.05, 4.69) is 9.71 Å². The lowest BCUT2D eigenvalue weighted by Gasteiger charge is -2.06. The van der Waals surface area contributed by atoms with Gasteiger partial charge < -0.3 is 9.67 Å². The van der Waals surface area contributed by atoms with Crippen LogP contribution in [0, 0.1) is 0 Å². The van der Waals surface area contributed by atoms with Gasteiger partial charge in [-0.25, -0.2) is 18.1 Å². The first-order valence-electron chi connectivity index (χ1n) is 5.09. The standard InChI is InChI=1S/C9H17N3O3S/c1-12-5-4-10-9(12)8-11-16(14,15)7-3-2-6-13/h4-5,11,13H,2-3,6-8H2,1H3. The maximum absolute atomic E-state index is 11.5. The molecule has 1 aromatic rings. The predicted octanol–water partition coefficient (Wildman–Crippen LogP) is -0.388. The van der Waals surface area contributed by atoms with E-state index in [1.54, 1.807) is 17.0 Å². The number of aliphatic hydroxyl groups is 1. The highest BCUT2D eigenvalue weighted by Crippen LogP contribution is 1.97. The normalized spacial score (nSPS) is 11.9. The van der Waals surface area contributed by atoms with E-state index in [4.69, 9.17) is 5.11 Å². The SMILES string of the molecule is Cn1ccnc1CNS(=O)(=O)CCCCO. The number of nitrogens with one attached hydrogen (secondary N) is 1. The highest BCUT2D eigenvalue weighted by Gasteiger charge is 2.10. The number of nitrogens with zero attached hydrogens (tertiary/aromatic N) is 2. The zero-order valence-electron chi connectivity index (χ0n) is 9.26. The molecule has 0 spiro atoms. The van der Waals surface area contributed by atoms with E-state index in [9.17, 15) is 8.42 Å². The van der Waals surface area contributed by atoms with E-state index in [1.807, 2.05) is 7.05 Å². The van der Waals surface area contributed by atoms with E-state index < -0.39 is 10.0 Å². The van der Waals surface area contributed by atoms with Crippen molar-refractivity contribution in [3.63, 3.8) is 0 Å². The van der Waals surface area contributed by atoms with Crippen molar-refractivity contribution in [3.05, 3.63) is 18.2 Å². The van der Waals surface area contributed by atoms with Crippen molar-refractivity contribution in [2.45, 2.75) is 19.4 Å². The molecule has 0 saturated heterocycles. The quantitative estimate of drug-likeness (QED) is 0.643. The van der Waals surface area contributed by atoms with Crippen molar-refractivity contribution >= 4 is 10.0 Å². The van der Waals surface area contributed by atoms with Crippen LogP contribution in [-0.2, 0) is 23.6 Å². The minimum absolute atomic E-state index is 0.0227. The fraction of sp³-hybridized carbons (Fsp3) is 0.667. The third-order valence-electron chi connectivity index (χ3n) is 2.19. The first-order valence-corrected chi connectivity index (χ1v) is 6.75. The Bertz CT molecular complexity index is 413. The fourth-order valence-electron chi connectivity index (χ4n) is 1.22. The molecule has 0 aromatic carbocycles. The third kappa shape index (κ3) is 4.30. The number of sulfonamides is 1. The Hall–Kier alpha value is -0.920. The number of aryl methyl sites for hydroxylation is 1. The summed E-state index contributed by atoms with van der Waals surface area (Å²) in [5.41, 5.74) is 0. The monoisotopic (exact) mass is 247 g/mol. The Labute approximate surface area is 95.4 Å². The van der Waals surface area contributed by atoms with Crippen LogP contribution in [0.1, 0.15) is 18.7 Å². The molecular weight excluding hydrogens is 230 g/mol. The van der Waals surface area contributed by atoms with Crippen LogP contribution in [0.3, 0.4) is 0 Å². The summed E-state index contributed by atoms with van der Waals surface area (Å²) in [6.45, 7) is 0.222. The first-order chi connectivity index (χ1) is 7.55. The van der Waals surface area contributed by atoms with Crippen LogP contribution in [0.25, 0.3) is 0 Å². The second kappa shape index (κ2) is 5.97. The molecule has 0 aliphatic carbocycles. The summed E-state index contributed by atoms with van der Waals surface area (Å²) in [4.78, 5) is 4.01. The van der Waals surface area contributed by atoms with Gasteiger partial charge in [-0.05, 0) is 12.8 Å². The minimum atomic E-state index is -3.26. The highest BCUT2D eigenvalue weighted by molar-refractivity contribution is 7.89. The highest BCUT2D eigenvalue weighted by atomic mass is 32.2. The van der Waals surface area contributed by atoms with E-state index >= 15 is 0 Å². The van der Waals surface area contributed by atoms with Gasteiger partial charge in [0.1, 0.15) is 5.82 Å². The molecule has 16 heavy (non-hydrogen) atoms. The smallest absolute Gasteiger partial charge is 0.212 e. The topological polar surface area (TPSA) is 84.2 Å². The summed E-state index contributed by atoms with van der Waals surface area (Å²) < 4.78 is 27.2. The van der Waals surface area contributed by atoms with Crippen LogP contribution in [0.5, 0.6) is 0 Å². The van der Waals surface area contributed by atoms with Crippen LogP contribution in [0.2, 0.25) is 0 Å². The lowest BCUT2D eigenvalue weighted by molar-refractivity contribution is 0.287. The molecule has 0 unspecified atom stereocenters. The molecule has 92 valence electrons. The van der Waals surface area contributed by atoms with Crippen molar-refractivity contribution in [1.82, 2.24) is 14.3 Å². The number of unbranched alkanes of at least 4 members (excludes halogenated alkanes) is 1. The lowest BCUT2D eigenvalue weighted by atomic mass is 10.4. The second-order valence-corrected chi connectivity index (χ2v) is 5.45. The van der Waals surface area contributed by atoms with Gasteiger partial charge in [0.2, 0.25) is 10.0 Å². The zero-order valence-corrected chi connectivity index (χ0v) is 10.1. The summed E-state index contributed by atoms with van der Waals surface area (Å²) in [6.07, 6.45) is 4.35. The van der Waals surface area contributed by atoms with Crippen molar-refractivity contribution in [2.75, 3.05) is 12.4 Å². The molecule has 0 radical (unpaired) electrons. The third-order valence-corrected chi connectivity index (χ3v) is 3.60. The van der Waals surface area contributed by atoms with Crippen molar-refractivity contribution in [2.24, 2.45) is 7.05 Å². The maximum atomic E-state index is 11.5. The maximum Gasteiger partial charge on any atom is 0.212 e. The van der Waals surface area contributed by atoms with Gasteiger partial charge in [-0.15, -0.1) is 0 Å². The number of hydrogen-bond acceptors (Lipinski definition) is 4. The Morgan fingerprint density at radius 1 is 1.50 bits per heavy atom. The number of aliphatic hydroxyl groups excluding tert-OH is 1. The molecule has 0 amide bonds. The number of hydrogen-bond donors (Lipinski definition) is 2. The predicted molar refractivity (Wildman–Crippen MR) is 60.2 cm³/mol. The Kier molecular flexibility index (Phi) is 4.91. The van der Waals surface area contributed by atoms with Gasteiger partial charge in [0.25, 0.3) is 0 Å². The van der Waals surface area contributed by atoms with Crippen LogP contribution < -0.4 is 4.72 Å². The van der Waals surface area contributed by atoms with Crippen LogP contribution in [0.4, 0.5) is 0 Å². The molecule has 0 bridgehead atoms. The van der Waals surface area contributed by atoms with E-state index in [0.29, 0.717) is 18.7 Å².